The molecule has 224 valence electrons. The fourth-order valence-corrected chi connectivity index (χ4v) is 5.13. The third kappa shape index (κ3) is 4.94. The lowest BCUT2D eigenvalue weighted by atomic mass is 9.98. The molecule has 43 heavy (non-hydrogen) atoms. The number of rotatable bonds is 7. The zero-order valence-electron chi connectivity index (χ0n) is 23.0. The van der Waals surface area contributed by atoms with Crippen molar-refractivity contribution in [1.29, 1.82) is 0 Å². The van der Waals surface area contributed by atoms with Crippen LogP contribution >= 0.6 is 0 Å². The van der Waals surface area contributed by atoms with E-state index in [4.69, 9.17) is 28.1 Å². The molecule has 3 aromatic carbocycles. The second-order valence-electron chi connectivity index (χ2n) is 10.0. The van der Waals surface area contributed by atoms with Gasteiger partial charge in [-0.25, -0.2) is 4.42 Å². The predicted octanol–water partition coefficient (Wildman–Crippen LogP) is 2.88. The van der Waals surface area contributed by atoms with E-state index in [0.29, 0.717) is 39.2 Å². The summed E-state index contributed by atoms with van der Waals surface area (Å²) in [6, 6.07) is 14.5. The zero-order chi connectivity index (χ0) is 30.4. The Morgan fingerprint density at radius 1 is 0.860 bits per heavy atom. The molecule has 0 radical (unpaired) electrons. The standard InChI is InChI=1S/C31H28O12/c1-38-21-10-15(11-22(39-2)25(21)34)20-12-17-24-18(40-20)4-3-5-19(24)41-29(14-6-8-16(33)9-7-14)30(17)43-31-28(37)27(36)26(35)23(13-32)42-31/h3-12,23,26-28,31-32,35-37H,13H2,1-2H3,(H-,33,34)/p+1/t23-,26-,27+,28-,31+/m1/s1. The van der Waals surface area contributed by atoms with E-state index in [9.17, 15) is 30.6 Å². The highest BCUT2D eigenvalue weighted by molar-refractivity contribution is 6.03. The summed E-state index contributed by atoms with van der Waals surface area (Å²) in [7, 11) is 2.81. The average molecular weight is 594 g/mol. The number of phenolic OH excluding ortho intramolecular Hbond substituents is 2. The van der Waals surface area contributed by atoms with Gasteiger partial charge in [-0.2, -0.15) is 0 Å². The summed E-state index contributed by atoms with van der Waals surface area (Å²) in [6.07, 6.45) is -6.03. The van der Waals surface area contributed by atoms with E-state index >= 15 is 0 Å². The number of aromatic hydroxyl groups is 2. The summed E-state index contributed by atoms with van der Waals surface area (Å²) in [5, 5.41) is 62.1. The van der Waals surface area contributed by atoms with Crippen molar-refractivity contribution in [3.05, 3.63) is 65.7 Å². The Kier molecular flexibility index (Phi) is 7.46. The second-order valence-corrected chi connectivity index (χ2v) is 10.0. The van der Waals surface area contributed by atoms with Crippen LogP contribution in [0.1, 0.15) is 11.1 Å². The molecule has 3 heterocycles. The summed E-state index contributed by atoms with van der Waals surface area (Å²) in [6.45, 7) is -0.642. The molecule has 1 aromatic heterocycles. The normalized spacial score (nSPS) is 22.9. The molecule has 1 saturated heterocycles. The highest BCUT2D eigenvalue weighted by atomic mass is 16.7. The first-order chi connectivity index (χ1) is 20.7. The minimum atomic E-state index is -1.70. The minimum absolute atomic E-state index is 0.0235. The van der Waals surface area contributed by atoms with Crippen molar-refractivity contribution in [1.82, 2.24) is 0 Å². The molecule has 0 aliphatic carbocycles. The van der Waals surface area contributed by atoms with E-state index < -0.39 is 37.3 Å². The van der Waals surface area contributed by atoms with Crippen molar-refractivity contribution in [2.24, 2.45) is 0 Å². The Morgan fingerprint density at radius 3 is 2.21 bits per heavy atom. The van der Waals surface area contributed by atoms with Crippen molar-refractivity contribution >= 4 is 22.8 Å². The highest BCUT2D eigenvalue weighted by Gasteiger charge is 2.46. The molecule has 0 unspecified atom stereocenters. The maximum absolute atomic E-state index is 10.8. The molecule has 5 atom stereocenters. The lowest BCUT2D eigenvalue weighted by Gasteiger charge is -2.39. The van der Waals surface area contributed by atoms with Crippen molar-refractivity contribution < 1.29 is 58.7 Å². The first-order valence-corrected chi connectivity index (χ1v) is 13.3. The number of aliphatic hydroxyl groups is 4. The van der Waals surface area contributed by atoms with E-state index in [-0.39, 0.29) is 34.5 Å². The summed E-state index contributed by atoms with van der Waals surface area (Å²) in [5.41, 5.74) is 1.85. The van der Waals surface area contributed by atoms with Crippen LogP contribution in [0.3, 0.4) is 0 Å². The van der Waals surface area contributed by atoms with Crippen molar-refractivity contribution in [2.75, 3.05) is 20.8 Å². The zero-order valence-corrected chi connectivity index (χ0v) is 23.0. The number of phenols is 2. The number of methoxy groups -OCH3 is 2. The van der Waals surface area contributed by atoms with Gasteiger partial charge in [-0.15, -0.1) is 0 Å². The van der Waals surface area contributed by atoms with Gasteiger partial charge in [-0.05, 0) is 54.6 Å². The van der Waals surface area contributed by atoms with Crippen LogP contribution in [0.25, 0.3) is 34.1 Å². The predicted molar refractivity (Wildman–Crippen MR) is 152 cm³/mol. The van der Waals surface area contributed by atoms with Crippen LogP contribution < -0.4 is 18.9 Å². The molecule has 6 rings (SSSR count). The Balaban J connectivity index is 1.58. The van der Waals surface area contributed by atoms with Gasteiger partial charge in [-0.1, -0.05) is 0 Å². The lowest BCUT2D eigenvalue weighted by molar-refractivity contribution is -0.277. The fraction of sp³-hybridized carbons (Fsp3) is 0.258. The molecule has 6 N–H and O–H groups in total. The quantitative estimate of drug-likeness (QED) is 0.173. The second kappa shape index (κ2) is 11.2. The monoisotopic (exact) mass is 593 g/mol. The molecule has 0 bridgehead atoms. The summed E-state index contributed by atoms with van der Waals surface area (Å²) >= 11 is 0. The van der Waals surface area contributed by atoms with Crippen molar-refractivity contribution in [3.63, 3.8) is 0 Å². The number of ether oxygens (including phenoxy) is 5. The molecule has 0 amide bonds. The van der Waals surface area contributed by atoms with E-state index in [1.165, 1.54) is 26.4 Å². The third-order valence-corrected chi connectivity index (χ3v) is 7.39. The molecule has 2 aliphatic heterocycles. The number of hydrogen-bond acceptors (Lipinski definition) is 11. The SMILES string of the molecule is COc1cc(C2=Cc3c(O[C@@H]4O[C@H](CO)[C@@H](O)[C@H](O)[C@H]4O)c(-c4ccc(O)cc4)[o+]c4cccc(c34)O2)cc(OC)c1O. The topological polar surface area (TPSA) is 179 Å². The van der Waals surface area contributed by atoms with Gasteiger partial charge in [0.25, 0.3) is 0 Å². The van der Waals surface area contributed by atoms with Crippen LogP contribution in [0.5, 0.6) is 34.5 Å². The van der Waals surface area contributed by atoms with Gasteiger partial charge >= 0.3 is 11.3 Å². The Hall–Kier alpha value is -4.59. The molecule has 2 aliphatic rings. The van der Waals surface area contributed by atoms with Gasteiger partial charge in [0.05, 0.1) is 32.0 Å². The summed E-state index contributed by atoms with van der Waals surface area (Å²) < 4.78 is 35.1. The average Bonchev–Trinajstić information content (AvgIpc) is 3.02. The van der Waals surface area contributed by atoms with Crippen LogP contribution in [-0.4, -0.2) is 82.2 Å². The summed E-state index contributed by atoms with van der Waals surface area (Å²) in [5.74, 6) is 1.11. The van der Waals surface area contributed by atoms with E-state index in [2.05, 4.69) is 0 Å². The van der Waals surface area contributed by atoms with Crippen molar-refractivity contribution in [2.45, 2.75) is 30.7 Å². The van der Waals surface area contributed by atoms with Gasteiger partial charge in [0.15, 0.2) is 11.5 Å². The molecule has 12 heteroatoms. The highest BCUT2D eigenvalue weighted by Crippen LogP contribution is 2.49. The maximum Gasteiger partial charge on any atom is 0.402 e. The Bertz CT molecular complexity index is 1670. The van der Waals surface area contributed by atoms with Crippen LogP contribution in [0.4, 0.5) is 0 Å². The number of benzene rings is 3. The first-order valence-electron chi connectivity index (χ1n) is 13.3. The minimum Gasteiger partial charge on any atom is -0.508 e. The third-order valence-electron chi connectivity index (χ3n) is 7.39. The van der Waals surface area contributed by atoms with Crippen LogP contribution in [0.15, 0.2) is 59.0 Å². The number of aliphatic hydroxyl groups excluding tert-OH is 4. The van der Waals surface area contributed by atoms with Gasteiger partial charge in [0.2, 0.25) is 17.8 Å². The van der Waals surface area contributed by atoms with Gasteiger partial charge in [0, 0.05) is 11.6 Å². The van der Waals surface area contributed by atoms with Gasteiger partial charge in [0.1, 0.15) is 47.1 Å². The first kappa shape index (κ1) is 28.5. The smallest absolute Gasteiger partial charge is 0.402 e. The van der Waals surface area contributed by atoms with E-state index in [0.717, 1.165) is 0 Å². The van der Waals surface area contributed by atoms with Gasteiger partial charge in [-0.3, -0.25) is 0 Å². The molecule has 1 fully saturated rings. The number of hydrogen-bond donors (Lipinski definition) is 6. The maximum atomic E-state index is 10.8. The molecular weight excluding hydrogens is 564 g/mol. The van der Waals surface area contributed by atoms with Crippen LogP contribution in [0.2, 0.25) is 0 Å². The molecule has 4 aromatic rings. The van der Waals surface area contributed by atoms with E-state index in [1.54, 1.807) is 48.5 Å². The molecule has 0 spiro atoms. The molecular formula is C31H29O12+. The Labute approximate surface area is 244 Å². The largest absolute Gasteiger partial charge is 0.508 e. The van der Waals surface area contributed by atoms with Crippen molar-refractivity contribution in [3.8, 4) is 45.8 Å². The van der Waals surface area contributed by atoms with Crippen LogP contribution in [0, 0.1) is 0 Å². The molecule has 0 saturated carbocycles. The summed E-state index contributed by atoms with van der Waals surface area (Å²) in [4.78, 5) is 0. The molecule has 12 nitrogen and oxygen atoms in total. The van der Waals surface area contributed by atoms with Gasteiger partial charge < -0.3 is 54.3 Å². The Morgan fingerprint density at radius 2 is 1.56 bits per heavy atom. The van der Waals surface area contributed by atoms with Crippen LogP contribution in [-0.2, 0) is 4.74 Å². The fourth-order valence-electron chi connectivity index (χ4n) is 5.13. The lowest BCUT2D eigenvalue weighted by Crippen LogP contribution is -2.60. The van der Waals surface area contributed by atoms with E-state index in [1.807, 2.05) is 0 Å².